The fourth-order valence-corrected chi connectivity index (χ4v) is 1.38. The van der Waals surface area contributed by atoms with Crippen molar-refractivity contribution in [2.75, 3.05) is 6.61 Å². The SMILES string of the molecule is CC(C)[C@@H]1COC(c2cccnc2)=N1. The average molecular weight is 190 g/mol. The summed E-state index contributed by atoms with van der Waals surface area (Å²) in [7, 11) is 0. The Kier molecular flexibility index (Phi) is 2.48. The maximum absolute atomic E-state index is 5.52. The van der Waals surface area contributed by atoms with Gasteiger partial charge in [-0.25, -0.2) is 4.99 Å². The molecule has 0 unspecified atom stereocenters. The fourth-order valence-electron chi connectivity index (χ4n) is 1.38. The van der Waals surface area contributed by atoms with Crippen LogP contribution in [0.25, 0.3) is 0 Å². The van der Waals surface area contributed by atoms with Crippen LogP contribution in [0.3, 0.4) is 0 Å². The number of aromatic nitrogens is 1. The van der Waals surface area contributed by atoms with E-state index in [1.807, 2.05) is 12.1 Å². The Hall–Kier alpha value is -1.38. The highest BCUT2D eigenvalue weighted by atomic mass is 16.5. The Balaban J connectivity index is 2.18. The van der Waals surface area contributed by atoms with E-state index in [1.165, 1.54) is 0 Å². The summed E-state index contributed by atoms with van der Waals surface area (Å²) in [5.41, 5.74) is 0.968. The van der Waals surface area contributed by atoms with Gasteiger partial charge in [-0.15, -0.1) is 0 Å². The molecule has 14 heavy (non-hydrogen) atoms. The minimum atomic E-state index is 0.296. The summed E-state index contributed by atoms with van der Waals surface area (Å²) in [5, 5.41) is 0. The Labute approximate surface area is 83.8 Å². The molecule has 1 atom stereocenters. The molecular formula is C11H14N2O. The number of hydrogen-bond donors (Lipinski definition) is 0. The summed E-state index contributed by atoms with van der Waals surface area (Å²) in [4.78, 5) is 8.55. The van der Waals surface area contributed by atoms with Gasteiger partial charge in [-0.05, 0) is 18.1 Å². The van der Waals surface area contributed by atoms with E-state index in [1.54, 1.807) is 12.4 Å². The van der Waals surface area contributed by atoms with E-state index in [4.69, 9.17) is 4.74 Å². The number of pyridine rings is 1. The monoisotopic (exact) mass is 190 g/mol. The van der Waals surface area contributed by atoms with Gasteiger partial charge in [0.05, 0.1) is 11.6 Å². The number of hydrogen-bond acceptors (Lipinski definition) is 3. The highest BCUT2D eigenvalue weighted by Crippen LogP contribution is 2.16. The Bertz CT molecular complexity index is 332. The Morgan fingerprint density at radius 1 is 1.50 bits per heavy atom. The van der Waals surface area contributed by atoms with Crippen LogP contribution in [0.4, 0.5) is 0 Å². The molecule has 1 aromatic heterocycles. The quantitative estimate of drug-likeness (QED) is 0.713. The fraction of sp³-hybridized carbons (Fsp3) is 0.455. The minimum Gasteiger partial charge on any atom is -0.475 e. The van der Waals surface area contributed by atoms with Crippen LogP contribution < -0.4 is 0 Å². The Morgan fingerprint density at radius 3 is 2.93 bits per heavy atom. The minimum absolute atomic E-state index is 0.296. The molecule has 74 valence electrons. The zero-order chi connectivity index (χ0) is 9.97. The molecule has 0 fully saturated rings. The zero-order valence-electron chi connectivity index (χ0n) is 8.47. The third-order valence-electron chi connectivity index (χ3n) is 2.35. The molecule has 0 bridgehead atoms. The molecule has 0 saturated heterocycles. The lowest BCUT2D eigenvalue weighted by molar-refractivity contribution is 0.292. The molecule has 0 spiro atoms. The molecule has 1 aromatic rings. The van der Waals surface area contributed by atoms with Crippen molar-refractivity contribution >= 4 is 5.90 Å². The lowest BCUT2D eigenvalue weighted by atomic mass is 10.1. The third-order valence-corrected chi connectivity index (χ3v) is 2.35. The highest BCUT2D eigenvalue weighted by Gasteiger charge is 2.22. The van der Waals surface area contributed by atoms with Gasteiger partial charge < -0.3 is 4.74 Å². The van der Waals surface area contributed by atoms with Crippen molar-refractivity contribution in [1.82, 2.24) is 4.98 Å². The van der Waals surface area contributed by atoms with Gasteiger partial charge >= 0.3 is 0 Å². The van der Waals surface area contributed by atoms with Crippen molar-refractivity contribution in [2.45, 2.75) is 19.9 Å². The van der Waals surface area contributed by atoms with Crippen molar-refractivity contribution in [1.29, 1.82) is 0 Å². The van der Waals surface area contributed by atoms with Crippen LogP contribution in [0.15, 0.2) is 29.5 Å². The first-order valence-corrected chi connectivity index (χ1v) is 4.88. The molecule has 0 radical (unpaired) electrons. The summed E-state index contributed by atoms with van der Waals surface area (Å²) < 4.78 is 5.52. The van der Waals surface area contributed by atoms with Gasteiger partial charge in [-0.2, -0.15) is 0 Å². The first kappa shape index (κ1) is 9.19. The number of rotatable bonds is 2. The van der Waals surface area contributed by atoms with Gasteiger partial charge in [0.1, 0.15) is 6.61 Å². The summed E-state index contributed by atoms with van der Waals surface area (Å²) in [5.74, 6) is 1.26. The number of nitrogens with zero attached hydrogens (tertiary/aromatic N) is 2. The predicted octanol–water partition coefficient (Wildman–Crippen LogP) is 1.88. The summed E-state index contributed by atoms with van der Waals surface area (Å²) in [6.07, 6.45) is 3.53. The second-order valence-corrected chi connectivity index (χ2v) is 3.80. The lowest BCUT2D eigenvalue weighted by Gasteiger charge is -2.06. The van der Waals surface area contributed by atoms with Gasteiger partial charge in [-0.1, -0.05) is 13.8 Å². The molecule has 1 aliphatic rings. The first-order chi connectivity index (χ1) is 6.77. The van der Waals surface area contributed by atoms with E-state index >= 15 is 0 Å². The van der Waals surface area contributed by atoms with E-state index < -0.39 is 0 Å². The molecule has 2 heterocycles. The lowest BCUT2D eigenvalue weighted by Crippen LogP contribution is -2.13. The third kappa shape index (κ3) is 1.76. The second-order valence-electron chi connectivity index (χ2n) is 3.80. The standard InChI is InChI=1S/C11H14N2O/c1-8(2)10-7-14-11(13-10)9-4-3-5-12-6-9/h3-6,8,10H,7H2,1-2H3/t10-/m0/s1. The molecule has 3 heteroatoms. The molecular weight excluding hydrogens is 176 g/mol. The van der Waals surface area contributed by atoms with Crippen LogP contribution in [0.2, 0.25) is 0 Å². The van der Waals surface area contributed by atoms with E-state index in [2.05, 4.69) is 23.8 Å². The van der Waals surface area contributed by atoms with Gasteiger partial charge in [0.2, 0.25) is 5.90 Å². The normalized spacial score (nSPS) is 20.8. The van der Waals surface area contributed by atoms with Gasteiger partial charge in [0.15, 0.2) is 0 Å². The topological polar surface area (TPSA) is 34.5 Å². The van der Waals surface area contributed by atoms with Gasteiger partial charge in [0.25, 0.3) is 0 Å². The second kappa shape index (κ2) is 3.78. The van der Waals surface area contributed by atoms with Crippen LogP contribution in [0.5, 0.6) is 0 Å². The molecule has 2 rings (SSSR count). The summed E-state index contributed by atoms with van der Waals surface area (Å²) in [6.45, 7) is 5.01. The molecule has 0 aromatic carbocycles. The van der Waals surface area contributed by atoms with E-state index in [9.17, 15) is 0 Å². The zero-order valence-corrected chi connectivity index (χ0v) is 8.47. The maximum Gasteiger partial charge on any atom is 0.218 e. The molecule has 0 N–H and O–H groups in total. The molecule has 0 saturated carbocycles. The van der Waals surface area contributed by atoms with Gasteiger partial charge in [0, 0.05) is 12.4 Å². The van der Waals surface area contributed by atoms with Crippen LogP contribution in [-0.4, -0.2) is 23.5 Å². The molecule has 3 nitrogen and oxygen atoms in total. The van der Waals surface area contributed by atoms with E-state index in [0.717, 1.165) is 11.5 Å². The largest absolute Gasteiger partial charge is 0.475 e. The van der Waals surface area contributed by atoms with E-state index in [-0.39, 0.29) is 0 Å². The molecule has 0 amide bonds. The smallest absolute Gasteiger partial charge is 0.218 e. The summed E-state index contributed by atoms with van der Waals surface area (Å²) >= 11 is 0. The maximum atomic E-state index is 5.52. The van der Waals surface area contributed by atoms with Crippen molar-refractivity contribution < 1.29 is 4.74 Å². The number of aliphatic imine (C=N–C) groups is 1. The average Bonchev–Trinajstić information content (AvgIpc) is 2.68. The first-order valence-electron chi connectivity index (χ1n) is 4.88. The summed E-state index contributed by atoms with van der Waals surface area (Å²) in [6, 6.07) is 4.16. The van der Waals surface area contributed by atoms with Gasteiger partial charge in [-0.3, -0.25) is 4.98 Å². The molecule has 0 aliphatic carbocycles. The van der Waals surface area contributed by atoms with Crippen molar-refractivity contribution in [3.8, 4) is 0 Å². The molecule has 1 aliphatic heterocycles. The van der Waals surface area contributed by atoms with Crippen molar-refractivity contribution in [3.05, 3.63) is 30.1 Å². The van der Waals surface area contributed by atoms with Crippen LogP contribution in [0.1, 0.15) is 19.4 Å². The Morgan fingerprint density at radius 2 is 2.36 bits per heavy atom. The van der Waals surface area contributed by atoms with Crippen LogP contribution in [-0.2, 0) is 4.74 Å². The number of ether oxygens (including phenoxy) is 1. The van der Waals surface area contributed by atoms with Crippen LogP contribution >= 0.6 is 0 Å². The predicted molar refractivity (Wildman–Crippen MR) is 55.4 cm³/mol. The van der Waals surface area contributed by atoms with E-state index in [0.29, 0.717) is 18.6 Å². The van der Waals surface area contributed by atoms with Crippen molar-refractivity contribution in [2.24, 2.45) is 10.9 Å². The van der Waals surface area contributed by atoms with Crippen molar-refractivity contribution in [3.63, 3.8) is 0 Å². The highest BCUT2D eigenvalue weighted by molar-refractivity contribution is 5.94. The van der Waals surface area contributed by atoms with Crippen LogP contribution in [0, 0.1) is 5.92 Å².